The largest absolute Gasteiger partial charge is 0.463 e. The first kappa shape index (κ1) is 32.8. The van der Waals surface area contributed by atoms with Crippen molar-refractivity contribution in [3.63, 3.8) is 0 Å². The lowest BCUT2D eigenvalue weighted by molar-refractivity contribution is -0.355. The van der Waals surface area contributed by atoms with Gasteiger partial charge in [0.05, 0.1) is 0 Å². The SMILES string of the molecule is CC(=O)OC[C@@H]1OC(OC(C)=O)[C@@H](NC(=O)CCC(F)(F)C(F)(F)C(F)(F)F)[C@@H](OC(C)=O)[C@@H]1OC(C)=O. The lowest BCUT2D eigenvalue weighted by Gasteiger charge is -2.44. The average Bonchev–Trinajstić information content (AvgIpc) is 2.73. The van der Waals surface area contributed by atoms with Gasteiger partial charge in [-0.1, -0.05) is 0 Å². The maximum atomic E-state index is 13.6. The molecular weight excluding hydrogens is 547 g/mol. The van der Waals surface area contributed by atoms with Gasteiger partial charge in [-0.2, -0.15) is 30.7 Å². The number of rotatable bonds is 10. The minimum atomic E-state index is -6.61. The van der Waals surface area contributed by atoms with Crippen LogP contribution in [0, 0.1) is 0 Å². The molecule has 1 rings (SSSR count). The molecule has 38 heavy (non-hydrogen) atoms. The van der Waals surface area contributed by atoms with Crippen LogP contribution in [0.3, 0.4) is 0 Å². The van der Waals surface area contributed by atoms with Gasteiger partial charge in [-0.15, -0.1) is 0 Å². The topological polar surface area (TPSA) is 144 Å². The lowest BCUT2D eigenvalue weighted by Crippen LogP contribution is -2.67. The highest BCUT2D eigenvalue weighted by molar-refractivity contribution is 5.77. The van der Waals surface area contributed by atoms with Crippen molar-refractivity contribution in [2.24, 2.45) is 0 Å². The van der Waals surface area contributed by atoms with Crippen LogP contribution in [-0.4, -0.2) is 85.1 Å². The van der Waals surface area contributed by atoms with Gasteiger partial charge < -0.3 is 29.0 Å². The standard InChI is InChI=1S/C20H24F7NO10/c1-8(29)34-7-12-15(35-9(2)30)16(36-10(3)31)14(17(38-12)37-11(4)32)28-13(33)5-6-18(21,22)19(23,24)20(25,26)27/h12,14-17H,5-7H2,1-4H3,(H,28,33)/t12-,14-,15+,16+,17?/m0/s1. The van der Waals surface area contributed by atoms with E-state index in [0.29, 0.717) is 0 Å². The van der Waals surface area contributed by atoms with Crippen LogP contribution in [-0.2, 0) is 47.7 Å². The number of halogens is 7. The van der Waals surface area contributed by atoms with Gasteiger partial charge in [0.25, 0.3) is 0 Å². The van der Waals surface area contributed by atoms with Crippen LogP contribution >= 0.6 is 0 Å². The zero-order valence-electron chi connectivity index (χ0n) is 20.2. The summed E-state index contributed by atoms with van der Waals surface area (Å²) in [6.07, 6.45) is -17.4. The van der Waals surface area contributed by atoms with Crippen LogP contribution in [0.4, 0.5) is 30.7 Å². The summed E-state index contributed by atoms with van der Waals surface area (Å²) >= 11 is 0. The Labute approximate surface area is 210 Å². The van der Waals surface area contributed by atoms with E-state index in [1.54, 1.807) is 0 Å². The number of alkyl halides is 7. The van der Waals surface area contributed by atoms with E-state index in [2.05, 4.69) is 0 Å². The second kappa shape index (κ2) is 12.6. The van der Waals surface area contributed by atoms with E-state index < -0.39 is 97.9 Å². The maximum Gasteiger partial charge on any atom is 0.459 e. The molecule has 1 unspecified atom stereocenters. The zero-order valence-corrected chi connectivity index (χ0v) is 20.2. The summed E-state index contributed by atoms with van der Waals surface area (Å²) < 4.78 is 116. The molecule has 1 fully saturated rings. The molecule has 0 saturated carbocycles. The molecule has 1 N–H and O–H groups in total. The second-order valence-electron chi connectivity index (χ2n) is 7.97. The summed E-state index contributed by atoms with van der Waals surface area (Å²) in [5.41, 5.74) is 0. The summed E-state index contributed by atoms with van der Waals surface area (Å²) in [6, 6.07) is -1.86. The number of hydrogen-bond donors (Lipinski definition) is 1. The van der Waals surface area contributed by atoms with Crippen LogP contribution in [0.25, 0.3) is 0 Å². The van der Waals surface area contributed by atoms with E-state index >= 15 is 0 Å². The first-order chi connectivity index (χ1) is 17.2. The number of nitrogens with one attached hydrogen (secondary N) is 1. The fraction of sp³-hybridized carbons (Fsp3) is 0.750. The number of amides is 1. The van der Waals surface area contributed by atoms with Crippen molar-refractivity contribution in [3.8, 4) is 0 Å². The molecule has 5 atom stereocenters. The van der Waals surface area contributed by atoms with E-state index in [1.165, 1.54) is 0 Å². The van der Waals surface area contributed by atoms with Crippen LogP contribution in [0.15, 0.2) is 0 Å². The zero-order chi connectivity index (χ0) is 29.6. The van der Waals surface area contributed by atoms with Crippen molar-refractivity contribution in [2.75, 3.05) is 6.61 Å². The molecule has 0 aromatic carbocycles. The van der Waals surface area contributed by atoms with Crippen LogP contribution < -0.4 is 5.32 Å². The third-order valence-electron chi connectivity index (χ3n) is 4.79. The van der Waals surface area contributed by atoms with E-state index in [0.717, 1.165) is 27.7 Å². The number of esters is 4. The molecule has 1 aliphatic rings. The quantitative estimate of drug-likeness (QED) is 0.234. The Morgan fingerprint density at radius 3 is 1.71 bits per heavy atom. The fourth-order valence-corrected chi connectivity index (χ4v) is 3.21. The summed E-state index contributed by atoms with van der Waals surface area (Å²) in [6.45, 7) is 2.96. The first-order valence-corrected chi connectivity index (χ1v) is 10.6. The van der Waals surface area contributed by atoms with Gasteiger partial charge in [0.1, 0.15) is 18.8 Å². The summed E-state index contributed by atoms with van der Waals surface area (Å²) in [4.78, 5) is 58.6. The average molecular weight is 571 g/mol. The lowest BCUT2D eigenvalue weighted by atomic mass is 9.95. The van der Waals surface area contributed by atoms with Crippen LogP contribution in [0.1, 0.15) is 40.5 Å². The highest BCUT2D eigenvalue weighted by atomic mass is 19.4. The molecule has 1 aliphatic heterocycles. The Balaban J connectivity index is 3.30. The Hall–Kier alpha value is -3.18. The minimum absolute atomic E-state index is 0.664. The molecule has 0 bridgehead atoms. The number of ether oxygens (including phenoxy) is 5. The monoisotopic (exact) mass is 571 g/mol. The van der Waals surface area contributed by atoms with Crippen molar-refractivity contribution in [1.82, 2.24) is 5.32 Å². The molecule has 18 heteroatoms. The molecule has 0 aromatic heterocycles. The van der Waals surface area contributed by atoms with Gasteiger partial charge >= 0.3 is 41.9 Å². The summed E-state index contributed by atoms with van der Waals surface area (Å²) in [7, 11) is 0. The number of carbonyl (C=O) groups is 5. The predicted octanol–water partition coefficient (Wildman–Crippen LogP) is 1.80. The predicted molar refractivity (Wildman–Crippen MR) is 105 cm³/mol. The number of hydrogen-bond acceptors (Lipinski definition) is 10. The van der Waals surface area contributed by atoms with Crippen LogP contribution in [0.2, 0.25) is 0 Å². The molecule has 11 nitrogen and oxygen atoms in total. The van der Waals surface area contributed by atoms with Gasteiger partial charge in [-0.25, -0.2) is 0 Å². The fourth-order valence-electron chi connectivity index (χ4n) is 3.21. The molecule has 0 aromatic rings. The summed E-state index contributed by atoms with van der Waals surface area (Å²) in [5, 5.41) is 1.90. The van der Waals surface area contributed by atoms with Crippen molar-refractivity contribution in [3.05, 3.63) is 0 Å². The van der Waals surface area contributed by atoms with E-state index in [-0.39, 0.29) is 0 Å². The van der Waals surface area contributed by atoms with Gasteiger partial charge in [0.2, 0.25) is 12.2 Å². The molecule has 0 aliphatic carbocycles. The second-order valence-corrected chi connectivity index (χ2v) is 7.97. The molecule has 1 saturated heterocycles. The Kier molecular flexibility index (Phi) is 10.9. The van der Waals surface area contributed by atoms with Gasteiger partial charge in [0.15, 0.2) is 12.2 Å². The highest BCUT2D eigenvalue weighted by Gasteiger charge is 2.72. The Bertz CT molecular complexity index is 911. The van der Waals surface area contributed by atoms with Crippen molar-refractivity contribution in [1.29, 1.82) is 0 Å². The highest BCUT2D eigenvalue weighted by Crippen LogP contribution is 2.48. The normalized spacial score (nSPS) is 24.1. The smallest absolute Gasteiger partial charge is 0.459 e. The summed E-state index contributed by atoms with van der Waals surface area (Å²) in [5.74, 6) is -17.7. The van der Waals surface area contributed by atoms with E-state index in [1.807, 2.05) is 5.32 Å². The van der Waals surface area contributed by atoms with Crippen molar-refractivity contribution < 1.29 is 78.4 Å². The number of carbonyl (C=O) groups excluding carboxylic acids is 5. The first-order valence-electron chi connectivity index (χ1n) is 10.6. The van der Waals surface area contributed by atoms with Crippen LogP contribution in [0.5, 0.6) is 0 Å². The van der Waals surface area contributed by atoms with Gasteiger partial charge in [-0.05, 0) is 0 Å². The van der Waals surface area contributed by atoms with E-state index in [9.17, 15) is 54.7 Å². The third kappa shape index (κ3) is 8.70. The third-order valence-corrected chi connectivity index (χ3v) is 4.79. The Morgan fingerprint density at radius 2 is 1.26 bits per heavy atom. The van der Waals surface area contributed by atoms with E-state index in [4.69, 9.17) is 23.7 Å². The minimum Gasteiger partial charge on any atom is -0.463 e. The van der Waals surface area contributed by atoms with Gasteiger partial charge in [0, 0.05) is 40.5 Å². The molecule has 0 radical (unpaired) electrons. The van der Waals surface area contributed by atoms with Crippen molar-refractivity contribution in [2.45, 2.75) is 89.2 Å². The molecule has 218 valence electrons. The van der Waals surface area contributed by atoms with Crippen molar-refractivity contribution >= 4 is 29.8 Å². The molecular formula is C20H24F7NO10. The molecule has 1 heterocycles. The maximum absolute atomic E-state index is 13.6. The molecule has 1 amide bonds. The van der Waals surface area contributed by atoms with Gasteiger partial charge in [-0.3, -0.25) is 24.0 Å². The Morgan fingerprint density at radius 1 is 0.763 bits per heavy atom. The molecule has 0 spiro atoms.